The van der Waals surface area contributed by atoms with Crippen LogP contribution in [0.5, 0.6) is 5.75 Å². The zero-order valence-electron chi connectivity index (χ0n) is 15.3. The normalized spacial score (nSPS) is 15.8. The van der Waals surface area contributed by atoms with Crippen molar-refractivity contribution in [2.75, 3.05) is 11.4 Å². The van der Waals surface area contributed by atoms with Crippen molar-refractivity contribution in [1.29, 1.82) is 0 Å². The van der Waals surface area contributed by atoms with Gasteiger partial charge in [0.15, 0.2) is 0 Å². The zero-order valence-corrected chi connectivity index (χ0v) is 16.9. The Balaban J connectivity index is 1.90. The fourth-order valence-corrected chi connectivity index (χ4v) is 4.16. The Bertz CT molecular complexity index is 989. The van der Waals surface area contributed by atoms with Gasteiger partial charge in [-0.05, 0) is 43.7 Å². The van der Waals surface area contributed by atoms with Gasteiger partial charge in [0.1, 0.15) is 11.4 Å². The lowest BCUT2D eigenvalue weighted by molar-refractivity contribution is -0.117. The second kappa shape index (κ2) is 7.14. The lowest BCUT2D eigenvalue weighted by Gasteiger charge is -2.39. The van der Waals surface area contributed by atoms with Crippen LogP contribution in [0.4, 0.5) is 5.69 Å². The van der Waals surface area contributed by atoms with Crippen molar-refractivity contribution < 1.29 is 17.9 Å². The van der Waals surface area contributed by atoms with E-state index in [-0.39, 0.29) is 17.3 Å². The number of benzene rings is 2. The molecule has 1 heterocycles. The number of carbonyl (C=O) groups excluding carboxylic acids is 1. The Morgan fingerprint density at radius 2 is 1.96 bits per heavy atom. The molecule has 27 heavy (non-hydrogen) atoms. The number of hydrogen-bond donors (Lipinski definition) is 1. The molecule has 0 fully saturated rings. The largest absolute Gasteiger partial charge is 0.484 e. The van der Waals surface area contributed by atoms with Crippen LogP contribution >= 0.6 is 11.6 Å². The van der Waals surface area contributed by atoms with Crippen LogP contribution in [-0.4, -0.2) is 26.5 Å². The number of amides is 1. The highest BCUT2D eigenvalue weighted by molar-refractivity contribution is 7.89. The number of fused-ring (bicyclic) bond motifs is 1. The highest BCUT2D eigenvalue weighted by atomic mass is 35.5. The third-order valence-electron chi connectivity index (χ3n) is 4.25. The average molecular weight is 409 g/mol. The number of nitrogens with one attached hydrogen (secondary N) is 1. The van der Waals surface area contributed by atoms with E-state index >= 15 is 0 Å². The molecule has 0 bridgehead atoms. The summed E-state index contributed by atoms with van der Waals surface area (Å²) in [6, 6.07) is 11.5. The minimum absolute atomic E-state index is 0.0582. The van der Waals surface area contributed by atoms with Crippen LogP contribution < -0.4 is 14.4 Å². The van der Waals surface area contributed by atoms with Crippen LogP contribution in [0.15, 0.2) is 47.4 Å². The predicted octanol–water partition coefficient (Wildman–Crippen LogP) is 3.34. The van der Waals surface area contributed by atoms with Crippen molar-refractivity contribution in [3.63, 3.8) is 0 Å². The summed E-state index contributed by atoms with van der Waals surface area (Å²) < 4.78 is 33.8. The number of anilines is 1. The van der Waals surface area contributed by atoms with E-state index in [1.165, 1.54) is 24.0 Å². The van der Waals surface area contributed by atoms with Crippen molar-refractivity contribution in [2.45, 2.75) is 37.8 Å². The average Bonchev–Trinajstić information content (AvgIpc) is 2.59. The summed E-state index contributed by atoms with van der Waals surface area (Å²) >= 11 is 6.08. The van der Waals surface area contributed by atoms with Crippen LogP contribution in [0.2, 0.25) is 5.02 Å². The van der Waals surface area contributed by atoms with E-state index in [4.69, 9.17) is 16.3 Å². The Morgan fingerprint density at radius 1 is 1.26 bits per heavy atom. The molecule has 2 aromatic carbocycles. The van der Waals surface area contributed by atoms with Gasteiger partial charge in [0.05, 0.1) is 17.1 Å². The van der Waals surface area contributed by atoms with Gasteiger partial charge in [-0.1, -0.05) is 29.8 Å². The number of nitrogens with zero attached hydrogens (tertiary/aromatic N) is 1. The molecule has 0 aromatic heterocycles. The summed E-state index contributed by atoms with van der Waals surface area (Å²) in [4.78, 5) is 13.6. The summed E-state index contributed by atoms with van der Waals surface area (Å²) in [6.07, 6.45) is 0. The number of halogens is 1. The smallest absolute Gasteiger partial charge is 0.240 e. The maximum Gasteiger partial charge on any atom is 0.240 e. The van der Waals surface area contributed by atoms with Gasteiger partial charge in [-0.2, -0.15) is 0 Å². The first-order chi connectivity index (χ1) is 12.6. The van der Waals surface area contributed by atoms with E-state index in [2.05, 4.69) is 4.72 Å². The summed E-state index contributed by atoms with van der Waals surface area (Å²) in [5.41, 5.74) is 0.569. The SMILES string of the molecule is CC(=O)N1CC(C)(C)Oc2ccc(S(=O)(=O)NCc3ccccc3Cl)cc21. The number of carbonyl (C=O) groups is 1. The number of hydrogen-bond acceptors (Lipinski definition) is 4. The first-order valence-electron chi connectivity index (χ1n) is 8.43. The molecule has 0 unspecified atom stereocenters. The van der Waals surface area contributed by atoms with Crippen molar-refractivity contribution in [2.24, 2.45) is 0 Å². The Morgan fingerprint density at radius 3 is 2.63 bits per heavy atom. The van der Waals surface area contributed by atoms with Crippen LogP contribution in [0.25, 0.3) is 0 Å². The number of sulfonamides is 1. The summed E-state index contributed by atoms with van der Waals surface area (Å²) in [7, 11) is -3.79. The van der Waals surface area contributed by atoms with Crippen LogP contribution in [-0.2, 0) is 21.4 Å². The zero-order chi connectivity index (χ0) is 19.8. The number of ether oxygens (including phenoxy) is 1. The molecule has 144 valence electrons. The lowest BCUT2D eigenvalue weighted by Crippen LogP contribution is -2.48. The van der Waals surface area contributed by atoms with Gasteiger partial charge in [-0.15, -0.1) is 0 Å². The summed E-state index contributed by atoms with van der Waals surface area (Å²) in [5.74, 6) is 0.303. The molecule has 2 aromatic rings. The molecule has 8 heteroatoms. The van der Waals surface area contributed by atoms with Crippen LogP contribution in [0.3, 0.4) is 0 Å². The molecule has 6 nitrogen and oxygen atoms in total. The first kappa shape index (κ1) is 19.7. The Kier molecular flexibility index (Phi) is 5.20. The second-order valence-corrected chi connectivity index (χ2v) is 9.19. The van der Waals surface area contributed by atoms with E-state index in [0.717, 1.165) is 0 Å². The molecule has 0 saturated carbocycles. The van der Waals surface area contributed by atoms with E-state index < -0.39 is 15.6 Å². The molecule has 1 aliphatic rings. The van der Waals surface area contributed by atoms with Crippen LogP contribution in [0, 0.1) is 0 Å². The molecule has 0 atom stereocenters. The van der Waals surface area contributed by atoms with Gasteiger partial charge in [0, 0.05) is 18.5 Å². The quantitative estimate of drug-likeness (QED) is 0.841. The maximum absolute atomic E-state index is 12.7. The highest BCUT2D eigenvalue weighted by Gasteiger charge is 2.34. The van der Waals surface area contributed by atoms with Gasteiger partial charge < -0.3 is 9.64 Å². The van der Waals surface area contributed by atoms with Gasteiger partial charge in [-0.3, -0.25) is 4.79 Å². The van der Waals surface area contributed by atoms with Gasteiger partial charge in [0.2, 0.25) is 15.9 Å². The topological polar surface area (TPSA) is 75.7 Å². The molecule has 1 aliphatic heterocycles. The number of rotatable bonds is 4. The molecular weight excluding hydrogens is 388 g/mol. The minimum Gasteiger partial charge on any atom is -0.484 e. The van der Waals surface area contributed by atoms with Crippen molar-refractivity contribution in [3.8, 4) is 5.75 Å². The first-order valence-corrected chi connectivity index (χ1v) is 10.3. The molecule has 1 N–H and O–H groups in total. The molecule has 0 radical (unpaired) electrons. The van der Waals surface area contributed by atoms with E-state index in [0.29, 0.717) is 28.6 Å². The van der Waals surface area contributed by atoms with Gasteiger partial charge in [-0.25, -0.2) is 13.1 Å². The van der Waals surface area contributed by atoms with Crippen LogP contribution in [0.1, 0.15) is 26.3 Å². The predicted molar refractivity (Wildman–Crippen MR) is 105 cm³/mol. The molecule has 1 amide bonds. The van der Waals surface area contributed by atoms with Crippen molar-refractivity contribution >= 4 is 33.2 Å². The highest BCUT2D eigenvalue weighted by Crippen LogP contribution is 2.38. The van der Waals surface area contributed by atoms with Crippen molar-refractivity contribution in [3.05, 3.63) is 53.1 Å². The molecular formula is C19H21ClN2O4S. The Hall–Kier alpha value is -2.09. The van der Waals surface area contributed by atoms with E-state index in [1.54, 1.807) is 30.3 Å². The maximum atomic E-state index is 12.7. The molecule has 0 spiro atoms. The third kappa shape index (κ3) is 4.26. The summed E-state index contributed by atoms with van der Waals surface area (Å²) in [6.45, 7) is 5.61. The molecule has 0 aliphatic carbocycles. The fourth-order valence-electron chi connectivity index (χ4n) is 2.94. The molecule has 0 saturated heterocycles. The van der Waals surface area contributed by atoms with E-state index in [1.807, 2.05) is 13.8 Å². The minimum atomic E-state index is -3.79. The van der Waals surface area contributed by atoms with Gasteiger partial charge in [0.25, 0.3) is 0 Å². The Labute approximate surface area is 164 Å². The van der Waals surface area contributed by atoms with Crippen molar-refractivity contribution in [1.82, 2.24) is 4.72 Å². The third-order valence-corrected chi connectivity index (χ3v) is 6.01. The fraction of sp³-hybridized carbons (Fsp3) is 0.316. The monoisotopic (exact) mass is 408 g/mol. The second-order valence-electron chi connectivity index (χ2n) is 7.01. The molecule has 3 rings (SSSR count). The standard InChI is InChI=1S/C19H21ClN2O4S/c1-13(23)22-12-19(2,3)26-18-9-8-15(10-17(18)22)27(24,25)21-11-14-6-4-5-7-16(14)20/h4-10,21H,11-12H2,1-3H3. The summed E-state index contributed by atoms with van der Waals surface area (Å²) in [5, 5.41) is 0.490. The van der Waals surface area contributed by atoms with Gasteiger partial charge >= 0.3 is 0 Å². The lowest BCUT2D eigenvalue weighted by atomic mass is 10.1. The van der Waals surface area contributed by atoms with E-state index in [9.17, 15) is 13.2 Å².